The molecule has 66 nitrogen and oxygen atoms in total. The van der Waals surface area contributed by atoms with Crippen molar-refractivity contribution in [2.24, 2.45) is 0 Å². The van der Waals surface area contributed by atoms with E-state index in [0.29, 0.717) is 0 Å². The van der Waals surface area contributed by atoms with Gasteiger partial charge in [-0.2, -0.15) is 0 Å². The molecule has 0 aromatic rings. The molecule has 12 aliphatic heterocycles. The Bertz CT molecular complexity index is 4250. The standard InChI is InChI=1S/C84H140N6O60/c1-19-43(106)55(118)59(122)79(130-19)128-18-36-69(50(113)37(73(127)131-36)85-20(2)100)144-76-40(88-23(5)103)53(116)67(33(15-98)137-76)147-82-63(126)70(48(111)35(141-82)17-129-83-71(58(121)47(110)29(11-94)135-83)149-77-42(90-25(7)105)54(117)66(32(14-97)139-77)146-81-61(124)57(120)46(109)28(10-93)134-81)148-84-72(150-78-41(89-24(6)104)51(114)64(30(12-95)138-78)142-74-38(86-21(3)101)49(112)44(107)26(8-91)132-74)62(125)68(34(16-99)140-84)143-75-39(87-22(4)102)52(115)65(31(13-96)136-75)145-80-60(123)56(119)45(108)27(9-92)133-80/h19,26-84,91-99,106-127H,8-18H2,1-7H3,(H,85,100)(H,86,101)(H,87,102)(H,88,103)(H,89,104)(H,90,105)/t19-,26-,27-,28-,29-,30-,31-,32-,33-,34-,35-,36-,37-,38-,39-,40-,41-,42-,43+,44+,45+,46+,47-,48-,49-,50-,51-,52-,53-,54-,55+,56+,57+,58+,59-,60-,61-,62+,63+,64-,65-,66-,67-,68-,69-,70+,71+,72+,73-,74+,75+,76+,77+,78+,79+,80+,81+,82+,83+,84-/m1/s1. The molecule has 0 aliphatic carbocycles. The minimum Gasteiger partial charge on any atom is -0.394 e. The molecular formula is C84H140N6O60. The van der Waals surface area contributed by atoms with E-state index in [2.05, 4.69) is 31.9 Å². The number of aliphatic hydroxyl groups is 31. The second kappa shape index (κ2) is 54.0. The molecule has 37 N–H and O–H groups in total. The molecule has 866 valence electrons. The highest BCUT2D eigenvalue weighted by Crippen LogP contribution is 2.43. The summed E-state index contributed by atoms with van der Waals surface area (Å²) < 4.78 is 140. The third-order valence-electron chi connectivity index (χ3n) is 27.4. The van der Waals surface area contributed by atoms with Crippen LogP contribution in [0.3, 0.4) is 0 Å². The number of nitrogens with one attached hydrogen (secondary N) is 6. The van der Waals surface area contributed by atoms with Gasteiger partial charge in [0, 0.05) is 41.5 Å². The highest BCUT2D eigenvalue weighted by molar-refractivity contribution is 5.75. The van der Waals surface area contributed by atoms with Crippen LogP contribution in [0.2, 0.25) is 0 Å². The van der Waals surface area contributed by atoms with E-state index in [1.165, 1.54) is 6.92 Å². The molecule has 12 heterocycles. The van der Waals surface area contributed by atoms with Crippen molar-refractivity contribution in [3.63, 3.8) is 0 Å². The van der Waals surface area contributed by atoms with E-state index >= 15 is 0 Å². The maximum atomic E-state index is 13.6. The number of rotatable bonds is 39. The highest BCUT2D eigenvalue weighted by Gasteiger charge is 2.64. The van der Waals surface area contributed by atoms with Gasteiger partial charge in [0.15, 0.2) is 75.5 Å². The van der Waals surface area contributed by atoms with Crippen LogP contribution in [0.25, 0.3) is 0 Å². The summed E-state index contributed by atoms with van der Waals surface area (Å²) in [6.07, 6.45) is -117. The summed E-state index contributed by atoms with van der Waals surface area (Å²) in [5.41, 5.74) is 0. The lowest BCUT2D eigenvalue weighted by Crippen LogP contribution is -2.72. The van der Waals surface area contributed by atoms with Gasteiger partial charge >= 0.3 is 0 Å². The van der Waals surface area contributed by atoms with Gasteiger partial charge in [0.25, 0.3) is 0 Å². The van der Waals surface area contributed by atoms with Crippen molar-refractivity contribution in [1.29, 1.82) is 0 Å². The van der Waals surface area contributed by atoms with E-state index in [4.69, 9.17) is 109 Å². The molecule has 0 bridgehead atoms. The summed E-state index contributed by atoms with van der Waals surface area (Å²) in [5, 5.41) is 367. The van der Waals surface area contributed by atoms with E-state index in [1.807, 2.05) is 0 Å². The van der Waals surface area contributed by atoms with Crippen molar-refractivity contribution in [3.8, 4) is 0 Å². The van der Waals surface area contributed by atoms with Crippen LogP contribution in [0.5, 0.6) is 0 Å². The van der Waals surface area contributed by atoms with Crippen LogP contribution in [-0.2, 0) is 138 Å². The molecule has 150 heavy (non-hydrogen) atoms. The molecule has 12 aliphatic rings. The van der Waals surface area contributed by atoms with Crippen LogP contribution in [0, 0.1) is 0 Å². The third kappa shape index (κ3) is 27.5. The lowest BCUT2D eigenvalue weighted by atomic mass is 9.93. The topological polar surface area (TPSA) is 1010 Å². The number of aliphatic hydroxyl groups excluding tert-OH is 31. The zero-order chi connectivity index (χ0) is 110. The van der Waals surface area contributed by atoms with E-state index in [1.54, 1.807) is 0 Å². The Labute approximate surface area is 849 Å². The van der Waals surface area contributed by atoms with Crippen LogP contribution in [-0.4, -0.2) is 635 Å². The van der Waals surface area contributed by atoms with Crippen molar-refractivity contribution in [1.82, 2.24) is 31.9 Å². The Morgan fingerprint density at radius 2 is 0.420 bits per heavy atom. The molecule has 66 heteroatoms. The molecule has 12 rings (SSSR count). The Morgan fingerprint density at radius 3 is 0.780 bits per heavy atom. The third-order valence-corrected chi connectivity index (χ3v) is 27.4. The van der Waals surface area contributed by atoms with Crippen LogP contribution in [0.4, 0.5) is 0 Å². The van der Waals surface area contributed by atoms with Crippen LogP contribution in [0.1, 0.15) is 48.5 Å². The number of hydrogen-bond donors (Lipinski definition) is 37. The fraction of sp³-hybridized carbons (Fsp3) is 0.929. The zero-order valence-corrected chi connectivity index (χ0v) is 81.1. The van der Waals surface area contributed by atoms with Gasteiger partial charge in [-0.15, -0.1) is 0 Å². The molecule has 6 amide bonds. The second-order valence-electron chi connectivity index (χ2n) is 38.1. The predicted octanol–water partition coefficient (Wildman–Crippen LogP) is -25.3. The van der Waals surface area contributed by atoms with Gasteiger partial charge in [-0.1, -0.05) is 0 Å². The summed E-state index contributed by atoms with van der Waals surface area (Å²) in [4.78, 5) is 78.9. The second-order valence-corrected chi connectivity index (χ2v) is 38.1. The quantitative estimate of drug-likeness (QED) is 0.0272. The molecule has 0 spiro atoms. The van der Waals surface area contributed by atoms with Gasteiger partial charge in [-0.25, -0.2) is 0 Å². The van der Waals surface area contributed by atoms with Crippen LogP contribution in [0.15, 0.2) is 0 Å². The summed E-state index contributed by atoms with van der Waals surface area (Å²) in [6.45, 7) is -6.35. The normalized spacial score (nSPS) is 48.8. The number of hydrogen-bond acceptors (Lipinski definition) is 60. The molecule has 0 unspecified atom stereocenters. The maximum Gasteiger partial charge on any atom is 0.217 e. The summed E-state index contributed by atoms with van der Waals surface area (Å²) in [5.74, 6) is -5.96. The average Bonchev–Trinajstić information content (AvgIpc) is 0.748. The van der Waals surface area contributed by atoms with E-state index in [-0.39, 0.29) is 0 Å². The van der Waals surface area contributed by atoms with Gasteiger partial charge in [0.1, 0.15) is 287 Å². The lowest BCUT2D eigenvalue weighted by molar-refractivity contribution is -0.406. The number of carbonyl (C=O) groups is 6. The molecule has 0 radical (unpaired) electrons. The Hall–Kier alpha value is -5.34. The van der Waals surface area contributed by atoms with Gasteiger partial charge in [0.05, 0.1) is 78.8 Å². The van der Waals surface area contributed by atoms with E-state index < -0.39 is 476 Å². The van der Waals surface area contributed by atoms with Crippen molar-refractivity contribution in [2.45, 2.75) is 417 Å². The summed E-state index contributed by atoms with van der Waals surface area (Å²) in [7, 11) is 0. The SMILES string of the molecule is CC(=O)N[C@@H]1[C@@H](O)[C@H](O[C@@H]2O[C@H](CO)[C@@H](O[C@@H]3O[C@H](CO[C@H]4O[C@H](CO)[C@@H](O)[C@H](O)[C@@H]4O[C@@H]4O[C@H](CO)[C@@H](O[C@@H]5O[C@H](CO)[C@H](O)[C@H](O)[C@H]5O)[C@H](O)[C@H]4NC(C)=O)[C@@H](O)[C@H](O[C@H]4O[C@H](CO)[C@@H](O[C@@H]5O[C@H](CO)[C@@H](O[C@@H]6O[C@H](CO)[C@H](O)[C@H](O)[C@H]6O)[C@H](O)[C@H]5NC(C)=O)[C@H](O)[C@@H]4O[C@@H]4O[C@H](CO)[C@@H](O[C@@H]5O[C@H](CO)[C@H](O)[C@H](O)[C@H]5NC(C)=O)[C@H](O)[C@H]4NC(C)=O)[C@@H]3O)[C@H](O)[C@H]2NC(C)=O)[C@@H](CO[C@H]2O[C@H](C)[C@H](O)[C@H](O)[C@H]2O)O[C@H]1O. The Kier molecular flexibility index (Phi) is 44.4. The van der Waals surface area contributed by atoms with Crippen molar-refractivity contribution >= 4 is 35.4 Å². The molecule has 0 aromatic heterocycles. The molecule has 60 atom stereocenters. The minimum absolute atomic E-state index is 0.859. The van der Waals surface area contributed by atoms with Gasteiger partial charge in [-0.05, 0) is 6.92 Å². The lowest BCUT2D eigenvalue weighted by Gasteiger charge is -2.52. The Morgan fingerprint density at radius 1 is 0.187 bits per heavy atom. The van der Waals surface area contributed by atoms with Gasteiger partial charge in [-0.3, -0.25) is 28.8 Å². The smallest absolute Gasteiger partial charge is 0.217 e. The van der Waals surface area contributed by atoms with E-state index in [9.17, 15) is 187 Å². The Balaban J connectivity index is 0.937. The summed E-state index contributed by atoms with van der Waals surface area (Å²) >= 11 is 0. The minimum atomic E-state index is -2.81. The first-order valence-electron chi connectivity index (χ1n) is 48.0. The predicted molar refractivity (Wildman–Crippen MR) is 463 cm³/mol. The zero-order valence-electron chi connectivity index (χ0n) is 81.1. The fourth-order valence-corrected chi connectivity index (χ4v) is 19.6. The first-order valence-corrected chi connectivity index (χ1v) is 48.0. The van der Waals surface area contributed by atoms with Crippen molar-refractivity contribution < 1.29 is 296 Å². The molecule has 12 fully saturated rings. The molecule has 0 saturated carbocycles. The van der Waals surface area contributed by atoms with Gasteiger partial charge in [0.2, 0.25) is 35.4 Å². The van der Waals surface area contributed by atoms with Crippen molar-refractivity contribution in [3.05, 3.63) is 0 Å². The number of amides is 6. The monoisotopic (exact) mass is 2190 g/mol. The highest BCUT2D eigenvalue weighted by atomic mass is 16.8. The molecular weight excluding hydrogens is 2050 g/mol. The maximum absolute atomic E-state index is 13.6. The molecule has 0 aromatic carbocycles. The number of carbonyl (C=O) groups excluding carboxylic acids is 6. The largest absolute Gasteiger partial charge is 0.394 e. The summed E-state index contributed by atoms with van der Waals surface area (Å²) in [6, 6.07) is -12.0. The average molecular weight is 2190 g/mol. The molecule has 12 saturated heterocycles. The number of ether oxygens (including phenoxy) is 23. The first-order chi connectivity index (χ1) is 70.9. The first kappa shape index (κ1) is 123. The fourth-order valence-electron chi connectivity index (χ4n) is 19.6. The van der Waals surface area contributed by atoms with Crippen LogP contribution >= 0.6 is 0 Å². The van der Waals surface area contributed by atoms with E-state index in [0.717, 1.165) is 41.5 Å². The van der Waals surface area contributed by atoms with Crippen LogP contribution < -0.4 is 31.9 Å². The van der Waals surface area contributed by atoms with Gasteiger partial charge < -0.3 is 299 Å². The van der Waals surface area contributed by atoms with Crippen molar-refractivity contribution in [2.75, 3.05) is 72.7 Å².